The van der Waals surface area contributed by atoms with Gasteiger partial charge in [0.2, 0.25) is 0 Å². The zero-order valence-electron chi connectivity index (χ0n) is 32.9. The van der Waals surface area contributed by atoms with Gasteiger partial charge in [-0.15, -0.1) is 0 Å². The van der Waals surface area contributed by atoms with Crippen molar-refractivity contribution in [3.63, 3.8) is 0 Å². The Labute approximate surface area is 349 Å². The molecule has 60 heavy (non-hydrogen) atoms. The van der Waals surface area contributed by atoms with Crippen LogP contribution in [0, 0.1) is 0 Å². The third-order valence-electron chi connectivity index (χ3n) is 11.7. The van der Waals surface area contributed by atoms with Gasteiger partial charge < -0.3 is 9.32 Å². The summed E-state index contributed by atoms with van der Waals surface area (Å²) in [5, 5.41) is 4.65. The minimum atomic E-state index is 0.894. The number of rotatable bonds is 8. The van der Waals surface area contributed by atoms with E-state index >= 15 is 0 Å². The normalized spacial score (nSPS) is 11.3. The summed E-state index contributed by atoms with van der Waals surface area (Å²) < 4.78 is 6.56. The molecule has 2 nitrogen and oxygen atoms in total. The minimum absolute atomic E-state index is 0.894. The first-order valence-corrected chi connectivity index (χ1v) is 20.5. The van der Waals surface area contributed by atoms with Crippen LogP contribution in [-0.2, 0) is 0 Å². The van der Waals surface area contributed by atoms with E-state index in [1.165, 1.54) is 44.2 Å². The van der Waals surface area contributed by atoms with Gasteiger partial charge in [0.25, 0.3) is 0 Å². The molecule has 1 aromatic heterocycles. The van der Waals surface area contributed by atoms with Gasteiger partial charge >= 0.3 is 0 Å². The molecule has 0 amide bonds. The van der Waals surface area contributed by atoms with Crippen molar-refractivity contribution < 1.29 is 4.42 Å². The molecule has 0 saturated heterocycles. The van der Waals surface area contributed by atoms with Crippen LogP contribution in [0.4, 0.5) is 17.1 Å². The summed E-state index contributed by atoms with van der Waals surface area (Å²) in [6, 6.07) is 84.7. The van der Waals surface area contributed by atoms with Crippen molar-refractivity contribution in [3.05, 3.63) is 237 Å². The SMILES string of the molecule is c1ccc(-c2ccc(-c3ccc(N(c4ccccc4)c4ccc(-c5ccc6c(-c7cccc(-c8ccccc8)c7)cc7oc8ccccc8c7c6c5)cc4)cc3)cc2)cc1. The second kappa shape index (κ2) is 15.1. The Balaban J connectivity index is 0.961. The van der Waals surface area contributed by atoms with E-state index < -0.39 is 0 Å². The quantitative estimate of drug-likeness (QED) is 0.153. The van der Waals surface area contributed by atoms with Crippen molar-refractivity contribution in [2.24, 2.45) is 0 Å². The van der Waals surface area contributed by atoms with Crippen LogP contribution in [0.5, 0.6) is 0 Å². The van der Waals surface area contributed by atoms with Gasteiger partial charge in [0.15, 0.2) is 0 Å². The lowest BCUT2D eigenvalue weighted by Gasteiger charge is -2.26. The lowest BCUT2D eigenvalue weighted by atomic mass is 9.91. The second-order valence-electron chi connectivity index (χ2n) is 15.3. The van der Waals surface area contributed by atoms with Crippen LogP contribution in [0.15, 0.2) is 241 Å². The molecule has 0 atom stereocenters. The molecule has 0 radical (unpaired) electrons. The maximum Gasteiger partial charge on any atom is 0.136 e. The molecule has 0 unspecified atom stereocenters. The summed E-state index contributed by atoms with van der Waals surface area (Å²) in [7, 11) is 0. The number of hydrogen-bond donors (Lipinski definition) is 0. The number of nitrogens with zero attached hydrogens (tertiary/aromatic N) is 1. The topological polar surface area (TPSA) is 16.4 Å². The maximum atomic E-state index is 6.56. The van der Waals surface area contributed by atoms with Crippen molar-refractivity contribution in [2.75, 3.05) is 4.90 Å². The van der Waals surface area contributed by atoms with E-state index in [1.807, 2.05) is 6.07 Å². The first kappa shape index (κ1) is 35.2. The predicted octanol–water partition coefficient (Wildman–Crippen LogP) is 16.5. The molecular formula is C58H39NO. The van der Waals surface area contributed by atoms with Crippen LogP contribution in [-0.4, -0.2) is 0 Å². The van der Waals surface area contributed by atoms with Crippen molar-refractivity contribution in [1.29, 1.82) is 0 Å². The van der Waals surface area contributed by atoms with Gasteiger partial charge in [0.1, 0.15) is 11.2 Å². The van der Waals surface area contributed by atoms with Crippen LogP contribution >= 0.6 is 0 Å². The van der Waals surface area contributed by atoms with E-state index in [0.717, 1.165) is 61.3 Å². The minimum Gasteiger partial charge on any atom is -0.456 e. The summed E-state index contributed by atoms with van der Waals surface area (Å²) in [5.74, 6) is 0. The van der Waals surface area contributed by atoms with Gasteiger partial charge in [0.05, 0.1) is 0 Å². The van der Waals surface area contributed by atoms with E-state index in [0.29, 0.717) is 0 Å². The van der Waals surface area contributed by atoms with Crippen molar-refractivity contribution in [3.8, 4) is 55.6 Å². The predicted molar refractivity (Wildman–Crippen MR) is 253 cm³/mol. The van der Waals surface area contributed by atoms with Crippen LogP contribution in [0.25, 0.3) is 88.3 Å². The largest absolute Gasteiger partial charge is 0.456 e. The number of anilines is 3. The zero-order chi connectivity index (χ0) is 39.8. The number of fused-ring (bicyclic) bond motifs is 5. The molecule has 0 aliphatic carbocycles. The molecule has 0 N–H and O–H groups in total. The zero-order valence-corrected chi connectivity index (χ0v) is 32.9. The Kier molecular flexibility index (Phi) is 8.87. The summed E-state index contributed by atoms with van der Waals surface area (Å²) in [6.45, 7) is 0. The highest BCUT2D eigenvalue weighted by molar-refractivity contribution is 6.22. The summed E-state index contributed by atoms with van der Waals surface area (Å²) in [4.78, 5) is 2.32. The lowest BCUT2D eigenvalue weighted by molar-refractivity contribution is 0.669. The number of benzene rings is 10. The molecule has 11 aromatic rings. The molecule has 11 rings (SSSR count). The Hall–Kier alpha value is -7.94. The first-order valence-electron chi connectivity index (χ1n) is 20.5. The molecule has 0 aliphatic heterocycles. The monoisotopic (exact) mass is 765 g/mol. The van der Waals surface area contributed by atoms with Crippen LogP contribution in [0.2, 0.25) is 0 Å². The Morgan fingerprint density at radius 1 is 0.250 bits per heavy atom. The van der Waals surface area contributed by atoms with Gasteiger partial charge in [0, 0.05) is 27.8 Å². The van der Waals surface area contributed by atoms with E-state index in [2.05, 4.69) is 235 Å². The van der Waals surface area contributed by atoms with Gasteiger partial charge in [-0.25, -0.2) is 0 Å². The standard InChI is InChI=1S/C58H39NO/c1-4-13-40(14-5-1)42-23-25-43(26-24-42)44-27-32-50(33-28-44)59(49-19-8-3-9-20-49)51-34-29-45(30-35-51)47-31-36-52-54(48-18-12-17-46(37-48)41-15-6-2-7-16-41)39-57-58(55(52)38-47)53-21-10-11-22-56(53)60-57/h1-39H. The molecule has 0 bridgehead atoms. The third-order valence-corrected chi connectivity index (χ3v) is 11.7. The van der Waals surface area contributed by atoms with E-state index in [-0.39, 0.29) is 0 Å². The molecular weight excluding hydrogens is 727 g/mol. The molecule has 2 heteroatoms. The van der Waals surface area contributed by atoms with E-state index in [4.69, 9.17) is 4.42 Å². The third kappa shape index (κ3) is 6.51. The highest BCUT2D eigenvalue weighted by atomic mass is 16.3. The van der Waals surface area contributed by atoms with E-state index in [9.17, 15) is 0 Å². The first-order chi connectivity index (χ1) is 29.7. The fraction of sp³-hybridized carbons (Fsp3) is 0. The van der Waals surface area contributed by atoms with E-state index in [1.54, 1.807) is 0 Å². The average Bonchev–Trinajstić information content (AvgIpc) is 3.72. The smallest absolute Gasteiger partial charge is 0.136 e. The molecule has 0 saturated carbocycles. The summed E-state index contributed by atoms with van der Waals surface area (Å²) in [5.41, 5.74) is 16.9. The van der Waals surface area contributed by atoms with Crippen molar-refractivity contribution >= 4 is 49.8 Å². The molecule has 1 heterocycles. The number of para-hydroxylation sites is 2. The molecule has 0 fully saturated rings. The maximum absolute atomic E-state index is 6.56. The number of furan rings is 1. The van der Waals surface area contributed by atoms with Crippen LogP contribution < -0.4 is 4.90 Å². The Bertz CT molecular complexity index is 3260. The fourth-order valence-corrected chi connectivity index (χ4v) is 8.67. The average molecular weight is 766 g/mol. The van der Waals surface area contributed by atoms with Gasteiger partial charge in [-0.2, -0.15) is 0 Å². The van der Waals surface area contributed by atoms with Crippen LogP contribution in [0.3, 0.4) is 0 Å². The second-order valence-corrected chi connectivity index (χ2v) is 15.3. The Morgan fingerprint density at radius 2 is 0.683 bits per heavy atom. The molecule has 0 aliphatic rings. The van der Waals surface area contributed by atoms with Gasteiger partial charge in [-0.05, 0) is 127 Å². The van der Waals surface area contributed by atoms with Crippen molar-refractivity contribution in [1.82, 2.24) is 0 Å². The summed E-state index contributed by atoms with van der Waals surface area (Å²) >= 11 is 0. The van der Waals surface area contributed by atoms with Crippen LogP contribution in [0.1, 0.15) is 0 Å². The fourth-order valence-electron chi connectivity index (χ4n) is 8.67. The molecule has 0 spiro atoms. The highest BCUT2D eigenvalue weighted by Gasteiger charge is 2.18. The highest BCUT2D eigenvalue weighted by Crippen LogP contribution is 2.43. The van der Waals surface area contributed by atoms with Gasteiger partial charge in [-0.3, -0.25) is 0 Å². The Morgan fingerprint density at radius 3 is 1.32 bits per heavy atom. The lowest BCUT2D eigenvalue weighted by Crippen LogP contribution is -2.09. The van der Waals surface area contributed by atoms with Crippen molar-refractivity contribution in [2.45, 2.75) is 0 Å². The molecule has 10 aromatic carbocycles. The van der Waals surface area contributed by atoms with Gasteiger partial charge in [-0.1, -0.05) is 176 Å². The summed E-state index contributed by atoms with van der Waals surface area (Å²) in [6.07, 6.45) is 0. The number of hydrogen-bond acceptors (Lipinski definition) is 2. The molecule has 282 valence electrons.